The summed E-state index contributed by atoms with van der Waals surface area (Å²) in [6, 6.07) is 7.70. The number of hydrogen-bond donors (Lipinski definition) is 2. The van der Waals surface area contributed by atoms with Gasteiger partial charge in [-0.15, -0.1) is 0 Å². The molecule has 0 bridgehead atoms. The van der Waals surface area contributed by atoms with Gasteiger partial charge < -0.3 is 15.8 Å². The van der Waals surface area contributed by atoms with Crippen LogP contribution in [0.5, 0.6) is 5.75 Å². The first kappa shape index (κ1) is 12.2. The summed E-state index contributed by atoms with van der Waals surface area (Å²) in [6.45, 7) is 4.52. The molecule has 18 heavy (non-hydrogen) atoms. The van der Waals surface area contributed by atoms with Crippen molar-refractivity contribution in [3.05, 3.63) is 36.0 Å². The van der Waals surface area contributed by atoms with E-state index in [0.29, 0.717) is 12.4 Å². The Morgan fingerprint density at radius 1 is 1.39 bits per heavy atom. The van der Waals surface area contributed by atoms with Gasteiger partial charge in [0.15, 0.2) is 0 Å². The second kappa shape index (κ2) is 5.35. The molecule has 3 N–H and O–H groups in total. The third-order valence-corrected chi connectivity index (χ3v) is 2.40. The van der Waals surface area contributed by atoms with Gasteiger partial charge in [-0.25, -0.2) is 4.98 Å². The van der Waals surface area contributed by atoms with Crippen molar-refractivity contribution in [1.29, 1.82) is 0 Å². The lowest BCUT2D eigenvalue weighted by molar-refractivity contribution is 0.340. The molecule has 2 aromatic rings. The van der Waals surface area contributed by atoms with Crippen LogP contribution in [0.25, 0.3) is 0 Å². The zero-order valence-corrected chi connectivity index (χ0v) is 10.5. The van der Waals surface area contributed by atoms with Crippen LogP contribution < -0.4 is 15.8 Å². The van der Waals surface area contributed by atoms with Crippen LogP contribution in [0, 0.1) is 6.92 Å². The average Bonchev–Trinajstić information content (AvgIpc) is 2.35. The van der Waals surface area contributed by atoms with E-state index >= 15 is 0 Å². The molecule has 94 valence electrons. The fraction of sp³-hybridized carbons (Fsp3) is 0.231. The number of nitrogens with one attached hydrogen (secondary N) is 1. The number of benzene rings is 1. The molecule has 0 unspecified atom stereocenters. The molecule has 5 nitrogen and oxygen atoms in total. The van der Waals surface area contributed by atoms with Gasteiger partial charge in [-0.05, 0) is 26.0 Å². The molecule has 1 aromatic heterocycles. The Balaban J connectivity index is 2.22. The van der Waals surface area contributed by atoms with Crippen molar-refractivity contribution in [2.45, 2.75) is 13.8 Å². The number of aryl methyl sites for hydroxylation is 1. The number of ether oxygens (including phenoxy) is 1. The van der Waals surface area contributed by atoms with Crippen molar-refractivity contribution in [3.8, 4) is 5.75 Å². The Labute approximate surface area is 106 Å². The minimum absolute atomic E-state index is 0.254. The van der Waals surface area contributed by atoms with E-state index < -0.39 is 0 Å². The predicted octanol–water partition coefficient (Wildman–Crippen LogP) is 2.51. The quantitative estimate of drug-likeness (QED) is 0.864. The number of nitrogens with zero attached hydrogens (tertiary/aromatic N) is 2. The number of nitrogen functional groups attached to an aromatic ring is 1. The lowest BCUT2D eigenvalue weighted by Gasteiger charge is -2.10. The summed E-state index contributed by atoms with van der Waals surface area (Å²) in [4.78, 5) is 8.09. The topological polar surface area (TPSA) is 73.1 Å². The maximum absolute atomic E-state index is 5.57. The molecule has 0 saturated carbocycles. The molecule has 0 spiro atoms. The first-order chi connectivity index (χ1) is 8.69. The molecule has 0 aliphatic carbocycles. The van der Waals surface area contributed by atoms with Gasteiger partial charge in [0.1, 0.15) is 11.6 Å². The van der Waals surface area contributed by atoms with Gasteiger partial charge in [0.05, 0.1) is 6.61 Å². The Kier molecular flexibility index (Phi) is 3.62. The summed E-state index contributed by atoms with van der Waals surface area (Å²) in [5.41, 5.74) is 7.41. The van der Waals surface area contributed by atoms with E-state index in [1.54, 1.807) is 6.20 Å². The molecular weight excluding hydrogens is 228 g/mol. The summed E-state index contributed by atoms with van der Waals surface area (Å²) in [5, 5.41) is 3.20. The average molecular weight is 244 g/mol. The lowest BCUT2D eigenvalue weighted by Crippen LogP contribution is -2.02. The normalized spacial score (nSPS) is 10.1. The fourth-order valence-electron chi connectivity index (χ4n) is 1.55. The molecule has 0 radical (unpaired) electrons. The van der Waals surface area contributed by atoms with E-state index in [-0.39, 0.29) is 5.95 Å². The summed E-state index contributed by atoms with van der Waals surface area (Å²) in [7, 11) is 0. The second-order valence-electron chi connectivity index (χ2n) is 3.85. The van der Waals surface area contributed by atoms with Gasteiger partial charge >= 0.3 is 0 Å². The number of nitrogens with two attached hydrogens (primary N) is 1. The largest absolute Gasteiger partial charge is 0.494 e. The van der Waals surface area contributed by atoms with Crippen molar-refractivity contribution < 1.29 is 4.74 Å². The highest BCUT2D eigenvalue weighted by Gasteiger charge is 2.03. The summed E-state index contributed by atoms with van der Waals surface area (Å²) in [5.74, 6) is 1.78. The highest BCUT2D eigenvalue weighted by molar-refractivity contribution is 5.61. The van der Waals surface area contributed by atoms with Crippen LogP contribution in [0.15, 0.2) is 30.5 Å². The van der Waals surface area contributed by atoms with Gasteiger partial charge in [0.2, 0.25) is 5.95 Å². The van der Waals surface area contributed by atoms with Gasteiger partial charge in [-0.1, -0.05) is 6.07 Å². The minimum atomic E-state index is 0.254. The smallest absolute Gasteiger partial charge is 0.221 e. The molecule has 2 rings (SSSR count). The molecule has 0 amide bonds. The van der Waals surface area contributed by atoms with E-state index in [2.05, 4.69) is 15.3 Å². The van der Waals surface area contributed by atoms with Gasteiger partial charge in [-0.2, -0.15) is 4.98 Å². The first-order valence-corrected chi connectivity index (χ1v) is 5.78. The highest BCUT2D eigenvalue weighted by atomic mass is 16.5. The van der Waals surface area contributed by atoms with Crippen LogP contribution in [0.2, 0.25) is 0 Å². The van der Waals surface area contributed by atoms with Crippen LogP contribution in [0.1, 0.15) is 12.5 Å². The predicted molar refractivity (Wildman–Crippen MR) is 72.1 cm³/mol. The van der Waals surface area contributed by atoms with Gasteiger partial charge in [0.25, 0.3) is 0 Å². The molecule has 0 aliphatic rings. The van der Waals surface area contributed by atoms with Crippen molar-refractivity contribution in [1.82, 2.24) is 9.97 Å². The molecule has 0 aliphatic heterocycles. The molecule has 0 atom stereocenters. The number of rotatable bonds is 4. The molecule has 5 heteroatoms. The second-order valence-corrected chi connectivity index (χ2v) is 3.85. The van der Waals surface area contributed by atoms with E-state index in [9.17, 15) is 0 Å². The van der Waals surface area contributed by atoms with Gasteiger partial charge in [0, 0.05) is 23.5 Å². The van der Waals surface area contributed by atoms with Crippen LogP contribution in [0.4, 0.5) is 17.5 Å². The summed E-state index contributed by atoms with van der Waals surface area (Å²) < 4.78 is 5.44. The Bertz CT molecular complexity index is 542. The van der Waals surface area contributed by atoms with Crippen LogP contribution in [0.3, 0.4) is 0 Å². The molecule has 0 saturated heterocycles. The zero-order valence-electron chi connectivity index (χ0n) is 10.5. The Morgan fingerprint density at radius 2 is 2.22 bits per heavy atom. The Hall–Kier alpha value is -2.30. The molecule has 1 aromatic carbocycles. The van der Waals surface area contributed by atoms with Crippen molar-refractivity contribution >= 4 is 17.5 Å². The standard InChI is InChI=1S/C13H16N4O/c1-3-18-11-6-4-5-10(7-11)16-12-9(2)8-15-13(14)17-12/h4-8H,3H2,1-2H3,(H3,14,15,16,17). The maximum Gasteiger partial charge on any atom is 0.221 e. The Morgan fingerprint density at radius 3 is 3.00 bits per heavy atom. The fourth-order valence-corrected chi connectivity index (χ4v) is 1.55. The van der Waals surface area contributed by atoms with Crippen molar-refractivity contribution in [3.63, 3.8) is 0 Å². The zero-order chi connectivity index (χ0) is 13.0. The first-order valence-electron chi connectivity index (χ1n) is 5.78. The third-order valence-electron chi connectivity index (χ3n) is 2.40. The maximum atomic E-state index is 5.57. The monoisotopic (exact) mass is 244 g/mol. The van der Waals surface area contributed by atoms with Crippen LogP contribution in [-0.4, -0.2) is 16.6 Å². The highest BCUT2D eigenvalue weighted by Crippen LogP contribution is 2.22. The van der Waals surface area contributed by atoms with E-state index in [4.69, 9.17) is 10.5 Å². The third kappa shape index (κ3) is 2.88. The molecule has 1 heterocycles. The molecular formula is C13H16N4O. The lowest BCUT2D eigenvalue weighted by atomic mass is 10.3. The minimum Gasteiger partial charge on any atom is -0.494 e. The van der Waals surface area contributed by atoms with Crippen LogP contribution >= 0.6 is 0 Å². The van der Waals surface area contributed by atoms with Crippen molar-refractivity contribution in [2.24, 2.45) is 0 Å². The SMILES string of the molecule is CCOc1cccc(Nc2nc(N)ncc2C)c1. The number of anilines is 3. The molecule has 0 fully saturated rings. The number of aromatic nitrogens is 2. The van der Waals surface area contributed by atoms with Crippen molar-refractivity contribution in [2.75, 3.05) is 17.7 Å². The van der Waals surface area contributed by atoms with Gasteiger partial charge in [-0.3, -0.25) is 0 Å². The summed E-state index contributed by atoms with van der Waals surface area (Å²) >= 11 is 0. The summed E-state index contributed by atoms with van der Waals surface area (Å²) in [6.07, 6.45) is 1.69. The number of hydrogen-bond acceptors (Lipinski definition) is 5. The van der Waals surface area contributed by atoms with E-state index in [1.807, 2.05) is 38.1 Å². The van der Waals surface area contributed by atoms with Crippen LogP contribution in [-0.2, 0) is 0 Å². The van der Waals surface area contributed by atoms with E-state index in [1.165, 1.54) is 0 Å². The van der Waals surface area contributed by atoms with E-state index in [0.717, 1.165) is 17.0 Å².